The number of amides is 2. The van der Waals surface area contributed by atoms with Gasteiger partial charge in [0, 0.05) is 25.2 Å². The summed E-state index contributed by atoms with van der Waals surface area (Å²) in [7, 11) is 1.32. The minimum absolute atomic E-state index is 0.0247. The number of nitrogens with one attached hydrogen (secondary N) is 1. The van der Waals surface area contributed by atoms with Gasteiger partial charge < -0.3 is 19.7 Å². The van der Waals surface area contributed by atoms with E-state index in [1.54, 1.807) is 41.3 Å². The van der Waals surface area contributed by atoms with E-state index in [1.165, 1.54) is 19.2 Å². The smallest absolute Gasteiger partial charge is 0.337 e. The Hall–Kier alpha value is -3.26. The van der Waals surface area contributed by atoms with Gasteiger partial charge in [0.25, 0.3) is 11.8 Å². The summed E-state index contributed by atoms with van der Waals surface area (Å²) in [5.74, 6) is -1.51. The molecule has 0 radical (unpaired) electrons. The number of carbonyl (C=O) groups is 3. The molecule has 2 fully saturated rings. The monoisotopic (exact) mass is 454 g/mol. The molecule has 0 saturated carbocycles. The molecule has 7 nitrogen and oxygen atoms in total. The zero-order chi connectivity index (χ0) is 23.4. The van der Waals surface area contributed by atoms with E-state index in [4.69, 9.17) is 4.74 Å². The van der Waals surface area contributed by atoms with E-state index in [-0.39, 0.29) is 23.2 Å². The predicted molar refractivity (Wildman–Crippen MR) is 118 cm³/mol. The molecule has 0 aliphatic carbocycles. The molecule has 4 rings (SSSR count). The molecule has 2 saturated heterocycles. The van der Waals surface area contributed by atoms with Gasteiger partial charge >= 0.3 is 5.97 Å². The van der Waals surface area contributed by atoms with Crippen LogP contribution in [0.1, 0.15) is 56.8 Å². The summed E-state index contributed by atoms with van der Waals surface area (Å²) in [5.41, 5.74) is 0.661. The third-order valence-electron chi connectivity index (χ3n) is 6.46. The zero-order valence-electron chi connectivity index (χ0n) is 18.5. The first kappa shape index (κ1) is 22.9. The average Bonchev–Trinajstić information content (AvgIpc) is 3.24. The number of carbonyl (C=O) groups excluding carboxylic acids is 3. The van der Waals surface area contributed by atoms with Gasteiger partial charge in [-0.15, -0.1) is 0 Å². The van der Waals surface area contributed by atoms with E-state index in [1.807, 2.05) is 0 Å². The second-order valence-corrected chi connectivity index (χ2v) is 8.51. The summed E-state index contributed by atoms with van der Waals surface area (Å²) >= 11 is 0. The summed E-state index contributed by atoms with van der Waals surface area (Å²) in [5, 5.41) is 2.77. The Bertz CT molecular complexity index is 1030. The molecule has 2 aliphatic heterocycles. The van der Waals surface area contributed by atoms with Crippen LogP contribution in [-0.2, 0) is 9.47 Å². The van der Waals surface area contributed by atoms with Crippen LogP contribution in [0.25, 0.3) is 0 Å². The summed E-state index contributed by atoms with van der Waals surface area (Å²) in [6, 6.07) is 12.3. The van der Waals surface area contributed by atoms with E-state index in [2.05, 4.69) is 10.1 Å². The highest BCUT2D eigenvalue weighted by Gasteiger charge is 2.43. The first-order valence-corrected chi connectivity index (χ1v) is 11.1. The van der Waals surface area contributed by atoms with Crippen LogP contribution in [0.2, 0.25) is 0 Å². The van der Waals surface area contributed by atoms with Crippen molar-refractivity contribution in [2.45, 2.75) is 37.4 Å². The SMILES string of the molecule is COC(=O)c1ccc(C(=O)N2CCC3(CC[C@@H](CNC(=O)c4ccccc4F)O3)CC2)cc1. The van der Waals surface area contributed by atoms with E-state index in [0.29, 0.717) is 30.8 Å². The van der Waals surface area contributed by atoms with E-state index >= 15 is 0 Å². The fourth-order valence-corrected chi connectivity index (χ4v) is 4.52. The summed E-state index contributed by atoms with van der Waals surface area (Å²) < 4.78 is 24.8. The molecule has 2 aromatic rings. The fraction of sp³-hybridized carbons (Fsp3) is 0.400. The first-order valence-electron chi connectivity index (χ1n) is 11.1. The van der Waals surface area contributed by atoms with E-state index in [9.17, 15) is 18.8 Å². The molecule has 2 aromatic carbocycles. The Balaban J connectivity index is 1.27. The highest BCUT2D eigenvalue weighted by Crippen LogP contribution is 2.39. The molecule has 2 aliphatic rings. The molecule has 1 atom stereocenters. The number of piperidine rings is 1. The highest BCUT2D eigenvalue weighted by molar-refractivity contribution is 5.96. The van der Waals surface area contributed by atoms with Gasteiger partial charge in [-0.2, -0.15) is 0 Å². The number of hydrogen-bond acceptors (Lipinski definition) is 5. The Labute approximate surface area is 191 Å². The summed E-state index contributed by atoms with van der Waals surface area (Å²) in [6.07, 6.45) is 2.98. The standard InChI is InChI=1S/C25H27FN2O5/c1-32-24(31)18-8-6-17(7-9-18)23(30)28-14-12-25(13-15-28)11-10-19(33-25)16-27-22(29)20-4-2-3-5-21(20)26/h2-9,19H,10-16H2,1H3,(H,27,29)/t19-/m0/s1. The Morgan fingerprint density at radius 2 is 1.73 bits per heavy atom. The molecule has 2 heterocycles. The van der Waals surface area contributed by atoms with Gasteiger partial charge in [-0.1, -0.05) is 12.1 Å². The van der Waals surface area contributed by atoms with Crippen molar-refractivity contribution >= 4 is 17.8 Å². The molecule has 2 amide bonds. The maximum atomic E-state index is 13.8. The molecular weight excluding hydrogens is 427 g/mol. The average molecular weight is 454 g/mol. The van der Waals surface area contributed by atoms with Crippen LogP contribution in [0.4, 0.5) is 4.39 Å². The highest BCUT2D eigenvalue weighted by atomic mass is 19.1. The lowest BCUT2D eigenvalue weighted by Gasteiger charge is -2.39. The molecule has 0 aromatic heterocycles. The van der Waals surface area contributed by atoms with Gasteiger partial charge in [0.05, 0.1) is 29.9 Å². The van der Waals surface area contributed by atoms with Crippen LogP contribution >= 0.6 is 0 Å². The normalized spacial score (nSPS) is 19.3. The number of likely N-dealkylation sites (tertiary alicyclic amines) is 1. The second kappa shape index (κ2) is 9.70. The maximum absolute atomic E-state index is 13.8. The Kier molecular flexibility index (Phi) is 6.74. The third kappa shape index (κ3) is 5.06. The molecule has 33 heavy (non-hydrogen) atoms. The number of ether oxygens (including phenoxy) is 2. The lowest BCUT2D eigenvalue weighted by atomic mass is 9.88. The van der Waals surface area contributed by atoms with Gasteiger partial charge in [-0.3, -0.25) is 9.59 Å². The minimum atomic E-state index is -0.546. The first-order chi connectivity index (χ1) is 15.9. The van der Waals surface area contributed by atoms with Crippen LogP contribution in [0.3, 0.4) is 0 Å². The Morgan fingerprint density at radius 3 is 2.39 bits per heavy atom. The number of esters is 1. The van der Waals surface area contributed by atoms with E-state index in [0.717, 1.165) is 25.7 Å². The molecule has 1 N–H and O–H groups in total. The van der Waals surface area contributed by atoms with Crippen LogP contribution < -0.4 is 5.32 Å². The van der Waals surface area contributed by atoms with Gasteiger partial charge in [-0.05, 0) is 62.1 Å². The number of methoxy groups -OCH3 is 1. The Morgan fingerprint density at radius 1 is 1.06 bits per heavy atom. The molecule has 0 bridgehead atoms. The predicted octanol–water partition coefficient (Wildman–Crippen LogP) is 3.20. The summed E-state index contributed by atoms with van der Waals surface area (Å²) in [6.45, 7) is 1.47. The zero-order valence-corrected chi connectivity index (χ0v) is 18.5. The van der Waals surface area contributed by atoms with Crippen LogP contribution in [0.5, 0.6) is 0 Å². The second-order valence-electron chi connectivity index (χ2n) is 8.51. The molecular formula is C25H27FN2O5. The van der Waals surface area contributed by atoms with Gasteiger partial charge in [-0.25, -0.2) is 9.18 Å². The van der Waals surface area contributed by atoms with Crippen molar-refractivity contribution < 1.29 is 28.2 Å². The van der Waals surface area contributed by atoms with Gasteiger partial charge in [0.1, 0.15) is 5.82 Å². The molecule has 8 heteroatoms. The molecule has 1 spiro atoms. The lowest BCUT2D eigenvalue weighted by molar-refractivity contribution is -0.0712. The molecule has 174 valence electrons. The van der Waals surface area contributed by atoms with Crippen molar-refractivity contribution in [3.8, 4) is 0 Å². The van der Waals surface area contributed by atoms with E-state index < -0.39 is 17.7 Å². The van der Waals surface area contributed by atoms with Crippen molar-refractivity contribution in [1.29, 1.82) is 0 Å². The van der Waals surface area contributed by atoms with Crippen molar-refractivity contribution in [2.24, 2.45) is 0 Å². The number of halogens is 1. The minimum Gasteiger partial charge on any atom is -0.465 e. The third-order valence-corrected chi connectivity index (χ3v) is 6.46. The van der Waals surface area contributed by atoms with Gasteiger partial charge in [0.15, 0.2) is 0 Å². The van der Waals surface area contributed by atoms with Crippen molar-refractivity contribution in [1.82, 2.24) is 10.2 Å². The maximum Gasteiger partial charge on any atom is 0.337 e. The fourth-order valence-electron chi connectivity index (χ4n) is 4.52. The number of rotatable bonds is 5. The number of hydrogen-bond donors (Lipinski definition) is 1. The largest absolute Gasteiger partial charge is 0.465 e. The number of benzene rings is 2. The van der Waals surface area contributed by atoms with Crippen LogP contribution in [0.15, 0.2) is 48.5 Å². The van der Waals surface area contributed by atoms with Crippen molar-refractivity contribution in [3.63, 3.8) is 0 Å². The summed E-state index contributed by atoms with van der Waals surface area (Å²) in [4.78, 5) is 38.5. The topological polar surface area (TPSA) is 84.9 Å². The number of nitrogens with zero attached hydrogens (tertiary/aromatic N) is 1. The van der Waals surface area contributed by atoms with Crippen molar-refractivity contribution in [2.75, 3.05) is 26.7 Å². The quantitative estimate of drug-likeness (QED) is 0.702. The molecule has 0 unspecified atom stereocenters. The van der Waals surface area contributed by atoms with Crippen molar-refractivity contribution in [3.05, 3.63) is 71.0 Å². The van der Waals surface area contributed by atoms with Crippen LogP contribution in [0, 0.1) is 5.82 Å². The van der Waals surface area contributed by atoms with Gasteiger partial charge in [0.2, 0.25) is 0 Å². The van der Waals surface area contributed by atoms with Crippen LogP contribution in [-0.4, -0.2) is 61.1 Å². The lowest BCUT2D eigenvalue weighted by Crippen LogP contribution is -2.47.